The summed E-state index contributed by atoms with van der Waals surface area (Å²) in [6.07, 6.45) is 1.71. The Morgan fingerprint density at radius 1 is 1.59 bits per heavy atom. The normalized spacial score (nSPS) is 23.6. The van der Waals surface area contributed by atoms with Crippen LogP contribution in [-0.2, 0) is 15.7 Å². The lowest BCUT2D eigenvalue weighted by molar-refractivity contribution is 0.566. The molecule has 1 aliphatic rings. The molecule has 1 fully saturated rings. The van der Waals surface area contributed by atoms with Crippen molar-refractivity contribution in [1.82, 2.24) is 4.98 Å². The van der Waals surface area contributed by atoms with Crippen LogP contribution in [0.2, 0.25) is 0 Å². The molecule has 0 amide bonds. The molecule has 4 nitrogen and oxygen atoms in total. The Bertz CT molecular complexity index is 504. The predicted octanol–water partition coefficient (Wildman–Crippen LogP) is 1.44. The fourth-order valence-electron chi connectivity index (χ4n) is 2.11. The maximum absolute atomic E-state index is 11.5. The molecule has 0 aromatic carbocycles. The van der Waals surface area contributed by atoms with Gasteiger partial charge in [-0.25, -0.2) is 13.4 Å². The molecule has 0 N–H and O–H groups in total. The number of halogens is 1. The number of hydrogen-bond acceptors (Lipinski definition) is 4. The van der Waals surface area contributed by atoms with Crippen LogP contribution in [0.15, 0.2) is 18.3 Å². The molecule has 1 saturated heterocycles. The van der Waals surface area contributed by atoms with Crippen molar-refractivity contribution in [3.63, 3.8) is 0 Å². The number of aromatic nitrogens is 1. The summed E-state index contributed by atoms with van der Waals surface area (Å²) in [5.74, 6) is 1.57. The Hall–Kier alpha value is -0.810. The molecule has 1 atom stereocenters. The minimum Gasteiger partial charge on any atom is -0.352 e. The topological polar surface area (TPSA) is 50.3 Å². The molecule has 0 spiro atoms. The second-order valence-corrected chi connectivity index (χ2v) is 6.77. The van der Waals surface area contributed by atoms with Crippen molar-refractivity contribution in [2.24, 2.45) is 0 Å². The highest BCUT2D eigenvalue weighted by Gasteiger charge is 2.29. The zero-order valence-corrected chi connectivity index (χ0v) is 11.2. The molecule has 2 rings (SSSR count). The molecule has 17 heavy (non-hydrogen) atoms. The lowest BCUT2D eigenvalue weighted by atomic mass is 10.2. The first-order chi connectivity index (χ1) is 8.03. The molecule has 1 unspecified atom stereocenters. The lowest BCUT2D eigenvalue weighted by Crippen LogP contribution is -2.47. The molecule has 0 aliphatic carbocycles. The first-order valence-electron chi connectivity index (χ1n) is 5.50. The summed E-state index contributed by atoms with van der Waals surface area (Å²) >= 11 is 5.87. The summed E-state index contributed by atoms with van der Waals surface area (Å²) in [5, 5.41) is 0. The van der Waals surface area contributed by atoms with Crippen molar-refractivity contribution >= 4 is 27.3 Å². The van der Waals surface area contributed by atoms with E-state index in [9.17, 15) is 8.42 Å². The van der Waals surface area contributed by atoms with Gasteiger partial charge in [-0.3, -0.25) is 0 Å². The van der Waals surface area contributed by atoms with E-state index in [4.69, 9.17) is 11.6 Å². The van der Waals surface area contributed by atoms with Crippen LogP contribution < -0.4 is 4.90 Å². The van der Waals surface area contributed by atoms with Crippen molar-refractivity contribution in [3.8, 4) is 0 Å². The van der Waals surface area contributed by atoms with Gasteiger partial charge in [0.15, 0.2) is 9.84 Å². The molecule has 1 aromatic rings. The molecule has 0 saturated carbocycles. The van der Waals surface area contributed by atoms with Gasteiger partial charge in [-0.05, 0) is 13.0 Å². The molecule has 1 aromatic heterocycles. The van der Waals surface area contributed by atoms with Crippen LogP contribution in [0.25, 0.3) is 0 Å². The van der Waals surface area contributed by atoms with E-state index in [1.807, 2.05) is 24.0 Å². The van der Waals surface area contributed by atoms with Crippen LogP contribution >= 0.6 is 11.6 Å². The summed E-state index contributed by atoms with van der Waals surface area (Å²) in [4.78, 5) is 6.34. The van der Waals surface area contributed by atoms with E-state index in [1.165, 1.54) is 0 Å². The van der Waals surface area contributed by atoms with Crippen molar-refractivity contribution in [2.45, 2.75) is 18.8 Å². The van der Waals surface area contributed by atoms with Gasteiger partial charge in [0, 0.05) is 24.3 Å². The van der Waals surface area contributed by atoms with Gasteiger partial charge < -0.3 is 4.90 Å². The number of sulfone groups is 1. The zero-order chi connectivity index (χ0) is 12.5. The standard InChI is InChI=1S/C11H15ClN2O2S/c1-9-8-17(15,16)6-5-14(9)11-10(7-12)3-2-4-13-11/h2-4,9H,5-8H2,1H3. The number of nitrogens with zero attached hydrogens (tertiary/aromatic N) is 2. The average molecular weight is 275 g/mol. The van der Waals surface area contributed by atoms with Crippen LogP contribution in [0, 0.1) is 0 Å². The second-order valence-electron chi connectivity index (χ2n) is 4.28. The van der Waals surface area contributed by atoms with Crippen LogP contribution in [-0.4, -0.2) is 37.5 Å². The lowest BCUT2D eigenvalue weighted by Gasteiger charge is -2.35. The Morgan fingerprint density at radius 3 is 3.00 bits per heavy atom. The summed E-state index contributed by atoms with van der Waals surface area (Å²) in [7, 11) is -2.89. The van der Waals surface area contributed by atoms with Crippen LogP contribution in [0.5, 0.6) is 0 Å². The van der Waals surface area contributed by atoms with Gasteiger partial charge in [0.25, 0.3) is 0 Å². The van der Waals surface area contributed by atoms with Gasteiger partial charge in [0.2, 0.25) is 0 Å². The van der Waals surface area contributed by atoms with Crippen LogP contribution in [0.4, 0.5) is 5.82 Å². The third-order valence-corrected chi connectivity index (χ3v) is 5.04. The SMILES string of the molecule is CC1CS(=O)(=O)CCN1c1ncccc1CCl. The number of anilines is 1. The zero-order valence-electron chi connectivity index (χ0n) is 9.63. The fourth-order valence-corrected chi connectivity index (χ4v) is 3.87. The summed E-state index contributed by atoms with van der Waals surface area (Å²) in [6.45, 7) is 2.40. The quantitative estimate of drug-likeness (QED) is 0.766. The third-order valence-electron chi connectivity index (χ3n) is 2.95. The van der Waals surface area contributed by atoms with Gasteiger partial charge in [0.1, 0.15) is 5.82 Å². The first-order valence-corrected chi connectivity index (χ1v) is 7.86. The molecule has 6 heteroatoms. The van der Waals surface area contributed by atoms with Gasteiger partial charge >= 0.3 is 0 Å². The molecule has 0 radical (unpaired) electrons. The van der Waals surface area contributed by atoms with Crippen molar-refractivity contribution in [3.05, 3.63) is 23.9 Å². The molecule has 1 aliphatic heterocycles. The summed E-state index contributed by atoms with van der Waals surface area (Å²) in [5.41, 5.74) is 0.945. The Labute approximate surface area is 107 Å². The van der Waals surface area contributed by atoms with Crippen LogP contribution in [0.3, 0.4) is 0 Å². The smallest absolute Gasteiger partial charge is 0.154 e. The van der Waals surface area contributed by atoms with Gasteiger partial charge in [-0.15, -0.1) is 11.6 Å². The number of pyridine rings is 1. The van der Waals surface area contributed by atoms with Crippen molar-refractivity contribution in [2.75, 3.05) is 23.0 Å². The number of rotatable bonds is 2. The van der Waals surface area contributed by atoms with E-state index in [0.717, 1.165) is 11.4 Å². The minimum absolute atomic E-state index is 0.0504. The van der Waals surface area contributed by atoms with Crippen LogP contribution in [0.1, 0.15) is 12.5 Å². The van der Waals surface area contributed by atoms with Gasteiger partial charge in [0.05, 0.1) is 17.4 Å². The Kier molecular flexibility index (Phi) is 3.58. The molecule has 0 bridgehead atoms. The highest BCUT2D eigenvalue weighted by Crippen LogP contribution is 2.24. The van der Waals surface area contributed by atoms with E-state index in [2.05, 4.69) is 4.98 Å². The molecular weight excluding hydrogens is 260 g/mol. The maximum Gasteiger partial charge on any atom is 0.154 e. The maximum atomic E-state index is 11.5. The highest BCUT2D eigenvalue weighted by atomic mass is 35.5. The molecular formula is C11H15ClN2O2S. The number of alkyl halides is 1. The Morgan fingerprint density at radius 2 is 2.35 bits per heavy atom. The largest absolute Gasteiger partial charge is 0.352 e. The average Bonchev–Trinajstić information content (AvgIpc) is 2.28. The van der Waals surface area contributed by atoms with E-state index in [-0.39, 0.29) is 17.5 Å². The number of hydrogen-bond donors (Lipinski definition) is 0. The van der Waals surface area contributed by atoms with Gasteiger partial charge in [-0.1, -0.05) is 6.07 Å². The summed E-state index contributed by atoms with van der Waals surface area (Å²) in [6, 6.07) is 3.71. The minimum atomic E-state index is -2.89. The third kappa shape index (κ3) is 2.72. The fraction of sp³-hybridized carbons (Fsp3) is 0.545. The van der Waals surface area contributed by atoms with Crippen molar-refractivity contribution < 1.29 is 8.42 Å². The predicted molar refractivity (Wildman–Crippen MR) is 69.3 cm³/mol. The van der Waals surface area contributed by atoms with E-state index < -0.39 is 9.84 Å². The van der Waals surface area contributed by atoms with E-state index >= 15 is 0 Å². The first kappa shape index (κ1) is 12.6. The van der Waals surface area contributed by atoms with E-state index in [0.29, 0.717) is 12.4 Å². The Balaban J connectivity index is 2.29. The highest BCUT2D eigenvalue weighted by molar-refractivity contribution is 7.91. The second kappa shape index (κ2) is 4.82. The summed E-state index contributed by atoms with van der Waals surface area (Å²) < 4.78 is 23.0. The molecule has 2 heterocycles. The van der Waals surface area contributed by atoms with E-state index in [1.54, 1.807) is 6.20 Å². The monoisotopic (exact) mass is 274 g/mol. The van der Waals surface area contributed by atoms with Gasteiger partial charge in [-0.2, -0.15) is 0 Å². The molecule has 94 valence electrons. The van der Waals surface area contributed by atoms with Crippen molar-refractivity contribution in [1.29, 1.82) is 0 Å².